The maximum absolute atomic E-state index is 13.0. The van der Waals surface area contributed by atoms with E-state index in [0.29, 0.717) is 32.8 Å². The van der Waals surface area contributed by atoms with Crippen LogP contribution in [0.25, 0.3) is 6.08 Å². The fourth-order valence-corrected chi connectivity index (χ4v) is 4.93. The molecule has 3 aromatic carbocycles. The van der Waals surface area contributed by atoms with Crippen LogP contribution in [0.2, 0.25) is 0 Å². The van der Waals surface area contributed by atoms with Crippen molar-refractivity contribution >= 4 is 46.3 Å². The highest BCUT2D eigenvalue weighted by molar-refractivity contribution is 8.26. The van der Waals surface area contributed by atoms with Gasteiger partial charge in [-0.25, -0.2) is 4.79 Å². The second-order valence-corrected chi connectivity index (χ2v) is 11.1. The molecule has 1 fully saturated rings. The number of nitrogens with zero attached hydrogens (tertiary/aromatic N) is 1. The minimum Gasteiger partial charge on any atom is -0.493 e. The van der Waals surface area contributed by atoms with Crippen molar-refractivity contribution in [3.63, 3.8) is 0 Å². The van der Waals surface area contributed by atoms with Crippen LogP contribution >= 0.6 is 24.0 Å². The monoisotopic (exact) mass is 517 g/mol. The summed E-state index contributed by atoms with van der Waals surface area (Å²) in [5.74, 6) is 0.0877. The van der Waals surface area contributed by atoms with Gasteiger partial charge in [0.05, 0.1) is 24.1 Å². The van der Waals surface area contributed by atoms with E-state index in [-0.39, 0.29) is 11.3 Å². The Morgan fingerprint density at radius 1 is 1.00 bits per heavy atom. The Balaban J connectivity index is 1.49. The summed E-state index contributed by atoms with van der Waals surface area (Å²) in [5.41, 5.74) is 3.33. The van der Waals surface area contributed by atoms with Gasteiger partial charge in [0.2, 0.25) is 0 Å². The van der Waals surface area contributed by atoms with Crippen LogP contribution < -0.4 is 9.47 Å². The highest BCUT2D eigenvalue weighted by atomic mass is 32.2. The van der Waals surface area contributed by atoms with Gasteiger partial charge < -0.3 is 9.47 Å². The average molecular weight is 518 g/mol. The van der Waals surface area contributed by atoms with Gasteiger partial charge in [0.1, 0.15) is 4.32 Å². The van der Waals surface area contributed by atoms with Crippen molar-refractivity contribution in [1.29, 1.82) is 0 Å². The zero-order valence-corrected chi connectivity index (χ0v) is 22.2. The number of amides is 1. The first-order valence-electron chi connectivity index (χ1n) is 11.5. The second-order valence-electron chi connectivity index (χ2n) is 9.38. The third-order valence-electron chi connectivity index (χ3n) is 5.73. The van der Waals surface area contributed by atoms with Crippen molar-refractivity contribution in [2.45, 2.75) is 32.7 Å². The molecule has 0 bridgehead atoms. The van der Waals surface area contributed by atoms with E-state index in [1.807, 2.05) is 42.5 Å². The Labute approximate surface area is 221 Å². The molecule has 0 spiro atoms. The van der Waals surface area contributed by atoms with Gasteiger partial charge in [0.25, 0.3) is 5.91 Å². The van der Waals surface area contributed by atoms with E-state index in [1.54, 1.807) is 41.3 Å². The number of thioether (sulfide) groups is 1. The average Bonchev–Trinajstić information content (AvgIpc) is 3.12. The molecule has 1 heterocycles. The van der Waals surface area contributed by atoms with Gasteiger partial charge in [-0.2, -0.15) is 0 Å². The molecule has 1 aliphatic rings. The molecule has 0 unspecified atom stereocenters. The molecular formula is C29H27NO4S2. The predicted molar refractivity (Wildman–Crippen MR) is 148 cm³/mol. The molecule has 1 aliphatic heterocycles. The lowest BCUT2D eigenvalue weighted by Gasteiger charge is -2.19. The Morgan fingerprint density at radius 3 is 2.33 bits per heavy atom. The van der Waals surface area contributed by atoms with Crippen LogP contribution in [0.1, 0.15) is 47.8 Å². The maximum Gasteiger partial charge on any atom is 0.343 e. The van der Waals surface area contributed by atoms with E-state index in [1.165, 1.54) is 18.9 Å². The first-order chi connectivity index (χ1) is 17.2. The summed E-state index contributed by atoms with van der Waals surface area (Å²) in [7, 11) is 1.51. The molecule has 4 rings (SSSR count). The topological polar surface area (TPSA) is 55.8 Å². The predicted octanol–water partition coefficient (Wildman–Crippen LogP) is 6.61. The molecule has 1 amide bonds. The van der Waals surface area contributed by atoms with Gasteiger partial charge in [-0.3, -0.25) is 9.69 Å². The summed E-state index contributed by atoms with van der Waals surface area (Å²) >= 11 is 6.71. The van der Waals surface area contributed by atoms with Gasteiger partial charge in [-0.05, 0) is 52.4 Å². The number of hydrogen-bond donors (Lipinski definition) is 0. The van der Waals surface area contributed by atoms with Gasteiger partial charge in [-0.1, -0.05) is 93.3 Å². The van der Waals surface area contributed by atoms with Gasteiger partial charge >= 0.3 is 5.97 Å². The van der Waals surface area contributed by atoms with Gasteiger partial charge in [0, 0.05) is 0 Å². The number of hydrogen-bond acceptors (Lipinski definition) is 6. The normalized spacial score (nSPS) is 14.9. The van der Waals surface area contributed by atoms with Crippen LogP contribution in [0.3, 0.4) is 0 Å². The standard InChI is InChI=1S/C29H27NO4S2/c1-29(2,3)22-13-11-21(12-14-22)27(32)34-23-15-10-20(16-24(23)33-4)17-25-26(31)30(28(35)36-25)18-19-8-6-5-7-9-19/h5-17H,18H2,1-4H3/b25-17-. The highest BCUT2D eigenvalue weighted by Gasteiger charge is 2.32. The molecule has 0 atom stereocenters. The van der Waals surface area contributed by atoms with E-state index in [9.17, 15) is 9.59 Å². The number of rotatable bonds is 6. The van der Waals surface area contributed by atoms with Crippen LogP contribution in [0.5, 0.6) is 11.5 Å². The highest BCUT2D eigenvalue weighted by Crippen LogP contribution is 2.35. The van der Waals surface area contributed by atoms with Crippen LogP contribution in [0.4, 0.5) is 0 Å². The maximum atomic E-state index is 13.0. The summed E-state index contributed by atoms with van der Waals surface area (Å²) in [4.78, 5) is 27.8. The number of carbonyl (C=O) groups is 2. The number of ether oxygens (including phenoxy) is 2. The van der Waals surface area contributed by atoms with Crippen LogP contribution in [-0.4, -0.2) is 28.2 Å². The molecule has 184 valence electrons. The van der Waals surface area contributed by atoms with E-state index >= 15 is 0 Å². The first kappa shape index (κ1) is 25.7. The number of esters is 1. The first-order valence-corrected chi connectivity index (χ1v) is 12.7. The van der Waals surface area contributed by atoms with Crippen molar-refractivity contribution in [1.82, 2.24) is 4.90 Å². The molecule has 5 nitrogen and oxygen atoms in total. The number of benzene rings is 3. The van der Waals surface area contributed by atoms with Gasteiger partial charge in [0.15, 0.2) is 11.5 Å². The number of carbonyl (C=O) groups excluding carboxylic acids is 2. The minimum atomic E-state index is -0.469. The van der Waals surface area contributed by atoms with Crippen molar-refractivity contribution in [2.24, 2.45) is 0 Å². The number of methoxy groups -OCH3 is 1. The quantitative estimate of drug-likeness (QED) is 0.159. The summed E-state index contributed by atoms with van der Waals surface area (Å²) in [6.07, 6.45) is 1.77. The smallest absolute Gasteiger partial charge is 0.343 e. The molecule has 0 saturated carbocycles. The fraction of sp³-hybridized carbons (Fsp3) is 0.207. The van der Waals surface area contributed by atoms with E-state index in [4.69, 9.17) is 21.7 Å². The molecule has 0 N–H and O–H groups in total. The van der Waals surface area contributed by atoms with Crippen molar-refractivity contribution in [3.8, 4) is 11.5 Å². The Kier molecular flexibility index (Phi) is 7.62. The van der Waals surface area contributed by atoms with E-state index in [2.05, 4.69) is 20.8 Å². The summed E-state index contributed by atoms with van der Waals surface area (Å²) in [6, 6.07) is 22.3. The third-order valence-corrected chi connectivity index (χ3v) is 7.11. The lowest BCUT2D eigenvalue weighted by atomic mass is 9.87. The molecule has 36 heavy (non-hydrogen) atoms. The van der Waals surface area contributed by atoms with Crippen molar-refractivity contribution in [2.75, 3.05) is 7.11 Å². The molecule has 3 aromatic rings. The Bertz CT molecular complexity index is 1330. The molecular weight excluding hydrogens is 490 g/mol. The summed E-state index contributed by atoms with van der Waals surface area (Å²) in [6.45, 7) is 6.79. The Hall–Kier alpha value is -3.42. The summed E-state index contributed by atoms with van der Waals surface area (Å²) in [5, 5.41) is 0. The minimum absolute atomic E-state index is 0.00268. The lowest BCUT2D eigenvalue weighted by Crippen LogP contribution is -2.27. The molecule has 0 aliphatic carbocycles. The lowest BCUT2D eigenvalue weighted by molar-refractivity contribution is -0.122. The van der Waals surface area contributed by atoms with Crippen molar-refractivity contribution < 1.29 is 19.1 Å². The molecule has 1 saturated heterocycles. The molecule has 0 aromatic heterocycles. The van der Waals surface area contributed by atoms with E-state index in [0.717, 1.165) is 16.7 Å². The van der Waals surface area contributed by atoms with Gasteiger partial charge in [-0.15, -0.1) is 0 Å². The second kappa shape index (κ2) is 10.7. The Morgan fingerprint density at radius 2 is 1.69 bits per heavy atom. The number of thiocarbonyl (C=S) groups is 1. The van der Waals surface area contributed by atoms with Crippen LogP contribution in [-0.2, 0) is 16.8 Å². The SMILES string of the molecule is COc1cc(/C=C2\SC(=S)N(Cc3ccccc3)C2=O)ccc1OC(=O)c1ccc(C(C)(C)C)cc1. The third kappa shape index (κ3) is 5.86. The summed E-state index contributed by atoms with van der Waals surface area (Å²) < 4.78 is 11.6. The zero-order chi connectivity index (χ0) is 25.9. The largest absolute Gasteiger partial charge is 0.493 e. The van der Waals surface area contributed by atoms with Crippen molar-refractivity contribution in [3.05, 3.63) is 100.0 Å². The molecule has 0 radical (unpaired) electrons. The fourth-order valence-electron chi connectivity index (χ4n) is 3.68. The van der Waals surface area contributed by atoms with Crippen LogP contribution in [0, 0.1) is 0 Å². The molecule has 7 heteroatoms. The van der Waals surface area contributed by atoms with Crippen LogP contribution in [0.15, 0.2) is 77.7 Å². The van der Waals surface area contributed by atoms with E-state index < -0.39 is 5.97 Å². The zero-order valence-electron chi connectivity index (χ0n) is 20.6.